The molecule has 1 aliphatic carbocycles. The molecule has 1 aliphatic rings. The molecule has 11 heavy (non-hydrogen) atoms. The maximum absolute atomic E-state index is 10.4. The highest BCUT2D eigenvalue weighted by molar-refractivity contribution is 5.87. The molecule has 1 rings (SSSR count). The van der Waals surface area contributed by atoms with Crippen LogP contribution in [0.5, 0.6) is 0 Å². The number of carbonyl (C=O) groups is 2. The lowest BCUT2D eigenvalue weighted by molar-refractivity contribution is -0.142. The van der Waals surface area contributed by atoms with E-state index in [-0.39, 0.29) is 24.1 Å². The van der Waals surface area contributed by atoms with Crippen molar-refractivity contribution in [3.63, 3.8) is 0 Å². The van der Waals surface area contributed by atoms with E-state index in [0.717, 1.165) is 0 Å². The summed E-state index contributed by atoms with van der Waals surface area (Å²) in [4.78, 5) is 20.6. The fourth-order valence-electron chi connectivity index (χ4n) is 0.981. The van der Waals surface area contributed by atoms with E-state index < -0.39 is 12.0 Å². The molecule has 0 aromatic heterocycles. The molecule has 0 aromatic carbocycles. The Kier molecular flexibility index (Phi) is 3.48. The van der Waals surface area contributed by atoms with Crippen LogP contribution in [0.3, 0.4) is 0 Å². The molecule has 0 aromatic rings. The summed E-state index contributed by atoms with van der Waals surface area (Å²) in [6.45, 7) is 0. The van der Waals surface area contributed by atoms with E-state index in [4.69, 9.17) is 10.8 Å². The van der Waals surface area contributed by atoms with Gasteiger partial charge in [0.25, 0.3) is 0 Å². The van der Waals surface area contributed by atoms with Gasteiger partial charge in [-0.2, -0.15) is 0 Å². The Bertz CT molecular complexity index is 175. The maximum Gasteiger partial charge on any atom is 0.320 e. The number of Topliss-reactive ketones (excluding diaryl/α,β-unsaturated/α-hetero) is 1. The number of halogens is 1. The van der Waals surface area contributed by atoms with E-state index in [1.165, 1.54) is 0 Å². The summed E-state index contributed by atoms with van der Waals surface area (Å²) >= 11 is 0. The van der Waals surface area contributed by atoms with Gasteiger partial charge in [-0.1, -0.05) is 0 Å². The Labute approximate surface area is 70.2 Å². The van der Waals surface area contributed by atoms with Gasteiger partial charge in [0.15, 0.2) is 0 Å². The number of ketones is 1. The first-order valence-corrected chi connectivity index (χ1v) is 3.11. The number of carboxylic acid groups (broad SMARTS) is 1. The van der Waals surface area contributed by atoms with Crippen LogP contribution in [0.4, 0.5) is 0 Å². The van der Waals surface area contributed by atoms with Gasteiger partial charge >= 0.3 is 5.97 Å². The number of carboxylic acids is 1. The largest absolute Gasteiger partial charge is 0.480 e. The van der Waals surface area contributed by atoms with Gasteiger partial charge in [-0.3, -0.25) is 9.59 Å². The van der Waals surface area contributed by atoms with Crippen molar-refractivity contribution >= 4 is 24.2 Å². The van der Waals surface area contributed by atoms with Crippen molar-refractivity contribution < 1.29 is 14.7 Å². The third kappa shape index (κ3) is 2.17. The minimum absolute atomic E-state index is 0. The Morgan fingerprint density at radius 2 is 2.09 bits per heavy atom. The van der Waals surface area contributed by atoms with Crippen LogP contribution in [-0.4, -0.2) is 22.9 Å². The molecular weight excluding hydrogens is 170 g/mol. The molecule has 1 fully saturated rings. The first-order chi connectivity index (χ1) is 4.61. The molecule has 1 atom stereocenters. The molecule has 3 N–H and O–H groups in total. The molecular formula is C6H10ClNO3. The highest BCUT2D eigenvalue weighted by atomic mass is 35.5. The summed E-state index contributed by atoms with van der Waals surface area (Å²) < 4.78 is 0. The Morgan fingerprint density at radius 3 is 2.36 bits per heavy atom. The van der Waals surface area contributed by atoms with Crippen molar-refractivity contribution in [3.05, 3.63) is 0 Å². The van der Waals surface area contributed by atoms with Crippen LogP contribution in [-0.2, 0) is 9.59 Å². The number of nitrogens with two attached hydrogens (primary N) is 1. The second-order valence-electron chi connectivity index (χ2n) is 2.57. The summed E-state index contributed by atoms with van der Waals surface area (Å²) in [7, 11) is 0. The van der Waals surface area contributed by atoms with Crippen LogP contribution in [0, 0.1) is 5.92 Å². The van der Waals surface area contributed by atoms with Crippen LogP contribution >= 0.6 is 12.4 Å². The predicted molar refractivity (Wildman–Crippen MR) is 40.6 cm³/mol. The zero-order chi connectivity index (χ0) is 7.72. The Balaban J connectivity index is 0.000001000. The van der Waals surface area contributed by atoms with Crippen molar-refractivity contribution in [1.29, 1.82) is 0 Å². The number of carbonyl (C=O) groups excluding carboxylic acids is 1. The minimum atomic E-state index is -1.02. The molecule has 0 bridgehead atoms. The van der Waals surface area contributed by atoms with Crippen LogP contribution in [0.15, 0.2) is 0 Å². The van der Waals surface area contributed by atoms with Gasteiger partial charge in [0.1, 0.15) is 11.8 Å². The van der Waals surface area contributed by atoms with Crippen molar-refractivity contribution in [2.24, 2.45) is 11.7 Å². The molecule has 0 amide bonds. The molecule has 1 saturated carbocycles. The van der Waals surface area contributed by atoms with Crippen LogP contribution < -0.4 is 5.73 Å². The third-order valence-corrected chi connectivity index (χ3v) is 1.77. The van der Waals surface area contributed by atoms with Crippen LogP contribution in [0.25, 0.3) is 0 Å². The van der Waals surface area contributed by atoms with Gasteiger partial charge in [0, 0.05) is 12.8 Å². The average molecular weight is 180 g/mol. The van der Waals surface area contributed by atoms with E-state index in [0.29, 0.717) is 12.8 Å². The maximum atomic E-state index is 10.4. The number of aliphatic carboxylic acids is 1. The van der Waals surface area contributed by atoms with E-state index in [2.05, 4.69) is 0 Å². The van der Waals surface area contributed by atoms with Crippen LogP contribution in [0.2, 0.25) is 0 Å². The Morgan fingerprint density at radius 1 is 1.64 bits per heavy atom. The first kappa shape index (κ1) is 10.4. The molecule has 64 valence electrons. The van der Waals surface area contributed by atoms with Gasteiger partial charge in [-0.25, -0.2) is 0 Å². The summed E-state index contributed by atoms with van der Waals surface area (Å²) in [6.07, 6.45) is 0.681. The zero-order valence-electron chi connectivity index (χ0n) is 5.82. The lowest BCUT2D eigenvalue weighted by atomic mass is 9.79. The Hall–Kier alpha value is -0.610. The van der Waals surface area contributed by atoms with E-state index in [1.807, 2.05) is 0 Å². The van der Waals surface area contributed by atoms with Crippen molar-refractivity contribution in [2.75, 3.05) is 0 Å². The van der Waals surface area contributed by atoms with Crippen molar-refractivity contribution in [3.8, 4) is 0 Å². The monoisotopic (exact) mass is 179 g/mol. The molecule has 1 unspecified atom stereocenters. The number of hydrogen-bond donors (Lipinski definition) is 2. The van der Waals surface area contributed by atoms with E-state index in [9.17, 15) is 9.59 Å². The zero-order valence-corrected chi connectivity index (χ0v) is 6.63. The summed E-state index contributed by atoms with van der Waals surface area (Å²) in [5.74, 6) is -1.02. The van der Waals surface area contributed by atoms with Gasteiger partial charge in [-0.05, 0) is 5.92 Å². The van der Waals surface area contributed by atoms with Crippen molar-refractivity contribution in [1.82, 2.24) is 0 Å². The molecule has 0 aliphatic heterocycles. The van der Waals surface area contributed by atoms with Gasteiger partial charge in [0.2, 0.25) is 0 Å². The molecule has 0 spiro atoms. The molecule has 4 nitrogen and oxygen atoms in total. The molecule has 0 heterocycles. The average Bonchev–Trinajstić information content (AvgIpc) is 1.79. The minimum Gasteiger partial charge on any atom is -0.480 e. The van der Waals surface area contributed by atoms with E-state index in [1.54, 1.807) is 0 Å². The van der Waals surface area contributed by atoms with Gasteiger partial charge in [0.05, 0.1) is 0 Å². The van der Waals surface area contributed by atoms with E-state index >= 15 is 0 Å². The summed E-state index contributed by atoms with van der Waals surface area (Å²) in [5, 5.41) is 8.37. The van der Waals surface area contributed by atoms with Gasteiger partial charge < -0.3 is 10.8 Å². The van der Waals surface area contributed by atoms with Gasteiger partial charge in [-0.15, -0.1) is 12.4 Å². The lowest BCUT2D eigenvalue weighted by Crippen LogP contribution is -2.44. The first-order valence-electron chi connectivity index (χ1n) is 3.11. The fourth-order valence-corrected chi connectivity index (χ4v) is 0.981. The van der Waals surface area contributed by atoms with Crippen molar-refractivity contribution in [2.45, 2.75) is 18.9 Å². The molecule has 0 radical (unpaired) electrons. The molecule has 0 saturated heterocycles. The third-order valence-electron chi connectivity index (χ3n) is 1.77. The second kappa shape index (κ2) is 3.69. The second-order valence-corrected chi connectivity index (χ2v) is 2.57. The highest BCUT2D eigenvalue weighted by Gasteiger charge is 2.35. The predicted octanol–water partition coefficient (Wildman–Crippen LogP) is -0.201. The smallest absolute Gasteiger partial charge is 0.320 e. The SMILES string of the molecule is Cl.NC(C(=O)O)C1CC(=O)C1. The normalized spacial score (nSPS) is 19.9. The summed E-state index contributed by atoms with van der Waals surface area (Å²) in [6, 6.07) is -0.849. The lowest BCUT2D eigenvalue weighted by Gasteiger charge is -2.26. The number of hydrogen-bond acceptors (Lipinski definition) is 3. The topological polar surface area (TPSA) is 80.4 Å². The standard InChI is InChI=1S/C6H9NO3.ClH/c7-5(6(9)10)3-1-4(8)2-3;/h3,5H,1-2,7H2,(H,9,10);1H. The quantitative estimate of drug-likeness (QED) is 0.615. The fraction of sp³-hybridized carbons (Fsp3) is 0.667. The summed E-state index contributed by atoms with van der Waals surface area (Å²) in [5.41, 5.74) is 5.23. The van der Waals surface area contributed by atoms with Crippen LogP contribution in [0.1, 0.15) is 12.8 Å². The molecule has 5 heteroatoms. The number of rotatable bonds is 2. The highest BCUT2D eigenvalue weighted by Crippen LogP contribution is 2.25.